The van der Waals surface area contributed by atoms with Crippen molar-refractivity contribution < 1.29 is 14.2 Å². The van der Waals surface area contributed by atoms with Crippen LogP contribution in [0.4, 0.5) is 0 Å². The van der Waals surface area contributed by atoms with Crippen LogP contribution in [-0.2, 0) is 14.2 Å². The summed E-state index contributed by atoms with van der Waals surface area (Å²) >= 11 is 0. The van der Waals surface area contributed by atoms with Gasteiger partial charge in [-0.05, 0) is 0 Å². The number of ether oxygens (including phenoxy) is 3. The molecule has 0 aliphatic rings. The molecule has 0 N–H and O–H groups in total. The van der Waals surface area contributed by atoms with E-state index in [2.05, 4.69) is 36.8 Å². The summed E-state index contributed by atoms with van der Waals surface area (Å²) in [5.74, 6) is 11.2. The minimum Gasteiger partial charge on any atom is -0.365 e. The van der Waals surface area contributed by atoms with Crippen LogP contribution in [0.1, 0.15) is 0 Å². The monoisotopic (exact) mass is 234 g/mol. The van der Waals surface area contributed by atoms with Gasteiger partial charge in [0.25, 0.3) is 0 Å². The fraction of sp³-hybridized carbons (Fsp3) is 0.429. The predicted molar refractivity (Wildman–Crippen MR) is 68.4 cm³/mol. The molecule has 0 saturated heterocycles. The lowest BCUT2D eigenvalue weighted by molar-refractivity contribution is 0.193. The van der Waals surface area contributed by atoms with Gasteiger partial charge < -0.3 is 14.2 Å². The lowest BCUT2D eigenvalue weighted by Crippen LogP contribution is -1.95. The second-order valence-corrected chi connectivity index (χ2v) is 2.81. The Kier molecular flexibility index (Phi) is 13.2. The van der Waals surface area contributed by atoms with Crippen molar-refractivity contribution in [3.8, 4) is 23.7 Å². The van der Waals surface area contributed by atoms with E-state index < -0.39 is 0 Å². The summed E-state index contributed by atoms with van der Waals surface area (Å²) in [4.78, 5) is 0. The Balaban J connectivity index is 3.26. The highest BCUT2D eigenvalue weighted by atomic mass is 16.5. The lowest BCUT2D eigenvalue weighted by Gasteiger charge is -1.92. The van der Waals surface area contributed by atoms with E-state index in [9.17, 15) is 0 Å². The Bertz CT molecular complexity index is 280. The molecule has 0 amide bonds. The first-order valence-corrected chi connectivity index (χ1v) is 5.28. The van der Waals surface area contributed by atoms with Gasteiger partial charge in [0, 0.05) is 0 Å². The normalized spacial score (nSPS) is 8.47. The molecule has 3 nitrogen and oxygen atoms in total. The molecule has 0 fully saturated rings. The maximum absolute atomic E-state index is 5.15. The van der Waals surface area contributed by atoms with Crippen molar-refractivity contribution >= 4 is 0 Å². The van der Waals surface area contributed by atoms with Crippen molar-refractivity contribution in [3.05, 3.63) is 25.3 Å². The van der Waals surface area contributed by atoms with E-state index in [4.69, 9.17) is 14.2 Å². The van der Waals surface area contributed by atoms with Gasteiger partial charge in [0.15, 0.2) is 0 Å². The molecular formula is C14H18O3. The van der Waals surface area contributed by atoms with Gasteiger partial charge in [0.2, 0.25) is 0 Å². The van der Waals surface area contributed by atoms with Gasteiger partial charge in [-0.15, -0.1) is 13.2 Å². The van der Waals surface area contributed by atoms with E-state index in [1.165, 1.54) is 0 Å². The Morgan fingerprint density at radius 3 is 1.35 bits per heavy atom. The first-order chi connectivity index (χ1) is 8.41. The fourth-order valence-corrected chi connectivity index (χ4v) is 0.744. The van der Waals surface area contributed by atoms with Crippen LogP contribution in [0.25, 0.3) is 0 Å². The second kappa shape index (κ2) is 14.5. The van der Waals surface area contributed by atoms with Crippen LogP contribution in [0, 0.1) is 23.7 Å². The van der Waals surface area contributed by atoms with E-state index in [1.54, 1.807) is 12.2 Å². The molecule has 0 aliphatic heterocycles. The molecule has 0 atom stereocenters. The Morgan fingerprint density at radius 1 is 0.647 bits per heavy atom. The fourth-order valence-electron chi connectivity index (χ4n) is 0.744. The van der Waals surface area contributed by atoms with E-state index in [1.807, 2.05) is 0 Å². The van der Waals surface area contributed by atoms with E-state index in [0.29, 0.717) is 39.6 Å². The highest BCUT2D eigenvalue weighted by Gasteiger charge is 1.79. The Hall–Kier alpha value is -1.52. The maximum Gasteiger partial charge on any atom is 0.109 e. The Morgan fingerprint density at radius 2 is 1.00 bits per heavy atom. The standard InChI is InChI=1S/C14H18O3/c1-3-9-15-11-5-7-13-17-14-8-6-12-16-10-4-2/h3-4H,1-2,9-14H2. The summed E-state index contributed by atoms with van der Waals surface area (Å²) in [5, 5.41) is 0. The first-order valence-electron chi connectivity index (χ1n) is 5.28. The quantitative estimate of drug-likeness (QED) is 0.361. The van der Waals surface area contributed by atoms with Crippen LogP contribution in [0.15, 0.2) is 25.3 Å². The highest BCUT2D eigenvalue weighted by Crippen LogP contribution is 1.75. The summed E-state index contributed by atoms with van der Waals surface area (Å²) in [6.07, 6.45) is 3.37. The van der Waals surface area contributed by atoms with Crippen LogP contribution < -0.4 is 0 Å². The average molecular weight is 234 g/mol. The highest BCUT2D eigenvalue weighted by molar-refractivity contribution is 5.02. The van der Waals surface area contributed by atoms with Gasteiger partial charge >= 0.3 is 0 Å². The summed E-state index contributed by atoms with van der Waals surface area (Å²) in [7, 11) is 0. The van der Waals surface area contributed by atoms with E-state index in [0.717, 1.165) is 0 Å². The van der Waals surface area contributed by atoms with Gasteiger partial charge in [-0.25, -0.2) is 0 Å². The minimum atomic E-state index is 0.361. The summed E-state index contributed by atoms with van der Waals surface area (Å²) in [6, 6.07) is 0. The first kappa shape index (κ1) is 15.5. The van der Waals surface area contributed by atoms with Gasteiger partial charge in [0.1, 0.15) is 26.4 Å². The molecule has 0 bridgehead atoms. The molecule has 3 heteroatoms. The predicted octanol–water partition coefficient (Wildman–Crippen LogP) is 1.42. The van der Waals surface area contributed by atoms with Gasteiger partial charge in [0.05, 0.1) is 13.2 Å². The molecule has 0 aromatic rings. The molecule has 0 saturated carbocycles. The molecule has 0 unspecified atom stereocenters. The van der Waals surface area contributed by atoms with Crippen molar-refractivity contribution in [1.82, 2.24) is 0 Å². The van der Waals surface area contributed by atoms with Gasteiger partial charge in [-0.1, -0.05) is 35.8 Å². The molecule has 0 radical (unpaired) electrons. The minimum absolute atomic E-state index is 0.361. The van der Waals surface area contributed by atoms with Gasteiger partial charge in [-0.3, -0.25) is 0 Å². The zero-order valence-corrected chi connectivity index (χ0v) is 10.0. The number of hydrogen-bond acceptors (Lipinski definition) is 3. The van der Waals surface area contributed by atoms with E-state index in [-0.39, 0.29) is 0 Å². The van der Waals surface area contributed by atoms with Crippen molar-refractivity contribution in [2.45, 2.75) is 0 Å². The van der Waals surface area contributed by atoms with Crippen molar-refractivity contribution in [3.63, 3.8) is 0 Å². The SMILES string of the molecule is C=CCOCC#CCOCC#CCOCC=C. The third-order valence-electron chi connectivity index (χ3n) is 1.42. The number of rotatable bonds is 8. The van der Waals surface area contributed by atoms with Crippen LogP contribution in [-0.4, -0.2) is 39.6 Å². The lowest BCUT2D eigenvalue weighted by atomic mass is 10.6. The zero-order valence-electron chi connectivity index (χ0n) is 10.0. The summed E-state index contributed by atoms with van der Waals surface area (Å²) < 4.78 is 15.3. The van der Waals surface area contributed by atoms with Gasteiger partial charge in [-0.2, -0.15) is 0 Å². The zero-order chi connectivity index (χ0) is 12.6. The molecule has 17 heavy (non-hydrogen) atoms. The molecule has 0 aromatic carbocycles. The van der Waals surface area contributed by atoms with Crippen molar-refractivity contribution in [2.24, 2.45) is 0 Å². The second-order valence-electron chi connectivity index (χ2n) is 2.81. The maximum atomic E-state index is 5.15. The van der Waals surface area contributed by atoms with Crippen LogP contribution >= 0.6 is 0 Å². The molecule has 0 rings (SSSR count). The Labute approximate surface area is 103 Å². The molecule has 0 aliphatic carbocycles. The van der Waals surface area contributed by atoms with Crippen LogP contribution in [0.2, 0.25) is 0 Å². The average Bonchev–Trinajstić information content (AvgIpc) is 2.35. The molecule has 92 valence electrons. The van der Waals surface area contributed by atoms with Crippen molar-refractivity contribution in [1.29, 1.82) is 0 Å². The van der Waals surface area contributed by atoms with E-state index >= 15 is 0 Å². The van der Waals surface area contributed by atoms with Crippen LogP contribution in [0.3, 0.4) is 0 Å². The van der Waals surface area contributed by atoms with Crippen LogP contribution in [0.5, 0.6) is 0 Å². The summed E-state index contributed by atoms with van der Waals surface area (Å²) in [5.41, 5.74) is 0. The van der Waals surface area contributed by atoms with Crippen molar-refractivity contribution in [2.75, 3.05) is 39.6 Å². The number of hydrogen-bond donors (Lipinski definition) is 0. The molecule has 0 spiro atoms. The third kappa shape index (κ3) is 14.5. The smallest absolute Gasteiger partial charge is 0.109 e. The summed E-state index contributed by atoms with van der Waals surface area (Å²) in [6.45, 7) is 9.61. The molecular weight excluding hydrogens is 216 g/mol. The largest absolute Gasteiger partial charge is 0.365 e. The third-order valence-corrected chi connectivity index (χ3v) is 1.42. The topological polar surface area (TPSA) is 27.7 Å². The molecule has 0 aromatic heterocycles. The molecule has 0 heterocycles.